The number of thiophene rings is 1. The fourth-order valence-corrected chi connectivity index (χ4v) is 3.52. The van der Waals surface area contributed by atoms with Gasteiger partial charge >= 0.3 is 0 Å². The van der Waals surface area contributed by atoms with Gasteiger partial charge < -0.3 is 14.8 Å². The average Bonchev–Trinajstić information content (AvgIpc) is 3.18. The summed E-state index contributed by atoms with van der Waals surface area (Å²) in [4.78, 5) is 4.63. The fraction of sp³-hybridized carbons (Fsp3) is 0.286. The molecule has 0 saturated heterocycles. The first-order chi connectivity index (χ1) is 12.7. The van der Waals surface area contributed by atoms with Crippen molar-refractivity contribution >= 4 is 11.3 Å². The Kier molecular flexibility index (Phi) is 6.26. The minimum Gasteiger partial charge on any atom is -0.493 e. The molecule has 0 fully saturated rings. The van der Waals surface area contributed by atoms with Crippen molar-refractivity contribution < 1.29 is 9.47 Å². The zero-order valence-electron chi connectivity index (χ0n) is 15.4. The van der Waals surface area contributed by atoms with E-state index in [1.54, 1.807) is 25.6 Å². The van der Waals surface area contributed by atoms with Gasteiger partial charge in [0.05, 0.1) is 26.0 Å². The lowest BCUT2D eigenvalue weighted by atomic mass is 10.0. The number of nitrogens with one attached hydrogen (secondary N) is 1. The van der Waals surface area contributed by atoms with Gasteiger partial charge in [-0.2, -0.15) is 11.3 Å². The summed E-state index contributed by atoms with van der Waals surface area (Å²) in [6, 6.07) is 12.5. The number of nitrogens with zero attached hydrogens (tertiary/aromatic N) is 1. The van der Waals surface area contributed by atoms with Gasteiger partial charge in [-0.15, -0.1) is 0 Å². The van der Waals surface area contributed by atoms with Crippen molar-refractivity contribution in [3.05, 3.63) is 75.7 Å². The molecule has 0 unspecified atom stereocenters. The van der Waals surface area contributed by atoms with Crippen LogP contribution < -0.4 is 14.8 Å². The van der Waals surface area contributed by atoms with Crippen molar-refractivity contribution in [3.8, 4) is 11.5 Å². The lowest BCUT2D eigenvalue weighted by Crippen LogP contribution is -2.23. The van der Waals surface area contributed by atoms with Crippen LogP contribution in [0.4, 0.5) is 0 Å². The van der Waals surface area contributed by atoms with E-state index in [1.165, 1.54) is 11.1 Å². The van der Waals surface area contributed by atoms with Crippen LogP contribution in [0.1, 0.15) is 28.4 Å². The first kappa shape index (κ1) is 18.4. The number of hydrogen-bond donors (Lipinski definition) is 1. The second-order valence-electron chi connectivity index (χ2n) is 6.22. The van der Waals surface area contributed by atoms with Crippen LogP contribution in [0.2, 0.25) is 0 Å². The van der Waals surface area contributed by atoms with Crippen LogP contribution in [0.15, 0.2) is 53.4 Å². The van der Waals surface area contributed by atoms with Crippen LogP contribution in [0.3, 0.4) is 0 Å². The van der Waals surface area contributed by atoms with Crippen LogP contribution in [0.5, 0.6) is 11.5 Å². The van der Waals surface area contributed by atoms with Crippen molar-refractivity contribution in [1.82, 2.24) is 10.3 Å². The third kappa shape index (κ3) is 4.62. The molecular weight excluding hydrogens is 344 g/mol. The number of hydrogen-bond acceptors (Lipinski definition) is 5. The van der Waals surface area contributed by atoms with Gasteiger partial charge in [0.1, 0.15) is 0 Å². The Hall–Kier alpha value is -2.37. The number of aromatic nitrogens is 1. The molecule has 5 heteroatoms. The van der Waals surface area contributed by atoms with Gasteiger partial charge in [-0.25, -0.2) is 0 Å². The number of pyridine rings is 1. The number of benzene rings is 1. The molecule has 1 N–H and O–H groups in total. The molecular formula is C21H24N2O2S. The van der Waals surface area contributed by atoms with E-state index in [1.807, 2.05) is 18.3 Å². The quantitative estimate of drug-likeness (QED) is 0.634. The topological polar surface area (TPSA) is 43.4 Å². The highest BCUT2D eigenvalue weighted by molar-refractivity contribution is 7.07. The van der Waals surface area contributed by atoms with Crippen LogP contribution >= 0.6 is 11.3 Å². The maximum absolute atomic E-state index is 5.40. The molecule has 0 bridgehead atoms. The van der Waals surface area contributed by atoms with E-state index >= 15 is 0 Å². The second kappa shape index (κ2) is 8.83. The first-order valence-corrected chi connectivity index (χ1v) is 9.52. The van der Waals surface area contributed by atoms with Crippen molar-refractivity contribution in [2.75, 3.05) is 14.2 Å². The Labute approximate surface area is 158 Å². The van der Waals surface area contributed by atoms with Crippen molar-refractivity contribution in [2.24, 2.45) is 0 Å². The second-order valence-corrected chi connectivity index (χ2v) is 7.00. The van der Waals surface area contributed by atoms with Gasteiger partial charge in [-0.3, -0.25) is 4.98 Å². The van der Waals surface area contributed by atoms with E-state index in [0.717, 1.165) is 35.7 Å². The summed E-state index contributed by atoms with van der Waals surface area (Å²) in [5.74, 6) is 1.49. The first-order valence-electron chi connectivity index (χ1n) is 8.57. The Bertz CT molecular complexity index is 817. The smallest absolute Gasteiger partial charge is 0.161 e. The summed E-state index contributed by atoms with van der Waals surface area (Å²) < 4.78 is 10.7. The van der Waals surface area contributed by atoms with Gasteiger partial charge in [-0.05, 0) is 65.1 Å². The van der Waals surface area contributed by atoms with Gasteiger partial charge in [-0.1, -0.05) is 12.1 Å². The molecule has 3 aromatic rings. The number of rotatable bonds is 8. The molecule has 4 nitrogen and oxygen atoms in total. The third-order valence-corrected chi connectivity index (χ3v) is 5.04. The summed E-state index contributed by atoms with van der Waals surface area (Å²) in [6.07, 6.45) is 2.83. The van der Waals surface area contributed by atoms with Crippen molar-refractivity contribution in [3.63, 3.8) is 0 Å². The standard InChI is InChI=1S/C21H24N2O2S/c1-15-4-6-18(22-12-15)19(10-17-8-9-26-14-17)23-13-16-5-7-20(24-2)21(11-16)25-3/h4-9,11-12,14,19,23H,10,13H2,1-3H3/t19-/m1/s1. The van der Waals surface area contributed by atoms with E-state index in [0.29, 0.717) is 0 Å². The molecule has 0 spiro atoms. The van der Waals surface area contributed by atoms with Gasteiger partial charge in [0, 0.05) is 12.7 Å². The lowest BCUT2D eigenvalue weighted by Gasteiger charge is -2.19. The molecule has 1 atom stereocenters. The number of methoxy groups -OCH3 is 2. The van der Waals surface area contributed by atoms with Gasteiger partial charge in [0.2, 0.25) is 0 Å². The summed E-state index contributed by atoms with van der Waals surface area (Å²) in [5.41, 5.74) is 4.69. The molecule has 0 amide bonds. The fourth-order valence-electron chi connectivity index (χ4n) is 2.84. The van der Waals surface area contributed by atoms with E-state index in [2.05, 4.69) is 52.3 Å². The van der Waals surface area contributed by atoms with Gasteiger partial charge in [0.25, 0.3) is 0 Å². The molecule has 1 aromatic carbocycles. The van der Waals surface area contributed by atoms with Crippen LogP contribution in [0, 0.1) is 6.92 Å². The summed E-state index contributed by atoms with van der Waals surface area (Å²) >= 11 is 1.72. The minimum absolute atomic E-state index is 0.151. The summed E-state index contributed by atoms with van der Waals surface area (Å²) in [7, 11) is 3.31. The van der Waals surface area contributed by atoms with E-state index in [9.17, 15) is 0 Å². The molecule has 0 aliphatic carbocycles. The lowest BCUT2D eigenvalue weighted by molar-refractivity contribution is 0.354. The predicted octanol–water partition coefficient (Wildman–Crippen LogP) is 4.54. The highest BCUT2D eigenvalue weighted by atomic mass is 32.1. The number of ether oxygens (including phenoxy) is 2. The molecule has 0 aliphatic rings. The Balaban J connectivity index is 1.76. The monoisotopic (exact) mass is 368 g/mol. The minimum atomic E-state index is 0.151. The van der Waals surface area contributed by atoms with E-state index < -0.39 is 0 Å². The molecule has 26 heavy (non-hydrogen) atoms. The van der Waals surface area contributed by atoms with Crippen LogP contribution in [-0.4, -0.2) is 19.2 Å². The molecule has 136 valence electrons. The highest BCUT2D eigenvalue weighted by Crippen LogP contribution is 2.28. The summed E-state index contributed by atoms with van der Waals surface area (Å²) in [5, 5.41) is 7.95. The summed E-state index contributed by atoms with van der Waals surface area (Å²) in [6.45, 7) is 2.78. The Morgan fingerprint density at radius 2 is 1.88 bits per heavy atom. The molecule has 0 radical (unpaired) electrons. The van der Waals surface area contributed by atoms with E-state index in [4.69, 9.17) is 9.47 Å². The van der Waals surface area contributed by atoms with Gasteiger partial charge in [0.15, 0.2) is 11.5 Å². The van der Waals surface area contributed by atoms with Crippen molar-refractivity contribution in [2.45, 2.75) is 25.9 Å². The maximum Gasteiger partial charge on any atom is 0.161 e. The highest BCUT2D eigenvalue weighted by Gasteiger charge is 2.14. The predicted molar refractivity (Wildman–Crippen MR) is 106 cm³/mol. The normalized spacial score (nSPS) is 12.0. The van der Waals surface area contributed by atoms with Crippen LogP contribution in [-0.2, 0) is 13.0 Å². The largest absolute Gasteiger partial charge is 0.493 e. The van der Waals surface area contributed by atoms with Crippen molar-refractivity contribution in [1.29, 1.82) is 0 Å². The molecule has 2 aromatic heterocycles. The zero-order valence-corrected chi connectivity index (χ0v) is 16.2. The zero-order chi connectivity index (χ0) is 18.4. The average molecular weight is 369 g/mol. The Morgan fingerprint density at radius 1 is 1.04 bits per heavy atom. The van der Waals surface area contributed by atoms with E-state index in [-0.39, 0.29) is 6.04 Å². The number of aryl methyl sites for hydroxylation is 1. The molecule has 0 aliphatic heterocycles. The maximum atomic E-state index is 5.40. The molecule has 3 rings (SSSR count). The Morgan fingerprint density at radius 3 is 2.54 bits per heavy atom. The molecule has 0 saturated carbocycles. The third-order valence-electron chi connectivity index (χ3n) is 4.31. The molecule has 2 heterocycles. The van der Waals surface area contributed by atoms with Crippen LogP contribution in [0.25, 0.3) is 0 Å². The SMILES string of the molecule is COc1ccc(CN[C@H](Cc2ccsc2)c2ccc(C)cn2)cc1OC.